The predicted octanol–water partition coefficient (Wildman–Crippen LogP) is 3.19. The highest BCUT2D eigenvalue weighted by molar-refractivity contribution is 7.15. The van der Waals surface area contributed by atoms with Gasteiger partial charge in [0, 0.05) is 22.6 Å². The average Bonchev–Trinajstić information content (AvgIpc) is 2.68. The van der Waals surface area contributed by atoms with Crippen LogP contribution in [0, 0.1) is 0 Å². The number of nitrogens with one attached hydrogen (secondary N) is 1. The van der Waals surface area contributed by atoms with Gasteiger partial charge >= 0.3 is 0 Å². The topological polar surface area (TPSA) is 46.2 Å². The molecule has 0 atom stereocenters. The van der Waals surface area contributed by atoms with Gasteiger partial charge < -0.3 is 10.1 Å². The first kappa shape index (κ1) is 13.1. The number of halogens is 1. The third-order valence-corrected chi connectivity index (χ3v) is 4.38. The average molecular weight is 282 g/mol. The van der Waals surface area contributed by atoms with Crippen molar-refractivity contribution in [3.05, 3.63) is 38.7 Å². The molecule has 0 radical (unpaired) electrons. The zero-order chi connectivity index (χ0) is 13.1. The van der Waals surface area contributed by atoms with Gasteiger partial charge in [0.25, 0.3) is 5.91 Å². The van der Waals surface area contributed by atoms with Crippen molar-refractivity contribution >= 4 is 41.2 Å². The molecule has 0 bridgehead atoms. The molecule has 0 aliphatic heterocycles. The summed E-state index contributed by atoms with van der Waals surface area (Å²) in [6, 6.07) is 0. The van der Waals surface area contributed by atoms with Gasteiger partial charge in [0.1, 0.15) is 11.2 Å². The highest BCUT2D eigenvalue weighted by Crippen LogP contribution is 2.37. The Labute approximate surface area is 114 Å². The summed E-state index contributed by atoms with van der Waals surface area (Å²) in [5.41, 5.74) is 1.33. The van der Waals surface area contributed by atoms with Gasteiger partial charge in [0.2, 0.25) is 0 Å². The summed E-state index contributed by atoms with van der Waals surface area (Å²) in [7, 11) is 0. The Bertz CT molecular complexity index is 545. The molecule has 18 heavy (non-hydrogen) atoms. The van der Waals surface area contributed by atoms with E-state index in [1.807, 2.05) is 12.2 Å². The molecule has 0 saturated carbocycles. The number of allylic oxidation sites excluding steroid dienone is 2. The summed E-state index contributed by atoms with van der Waals surface area (Å²) < 4.78 is 0. The zero-order valence-electron chi connectivity index (χ0n) is 9.66. The highest BCUT2D eigenvalue weighted by atomic mass is 35.5. The molecule has 1 aliphatic carbocycles. The minimum absolute atomic E-state index is 0.119. The lowest BCUT2D eigenvalue weighted by Gasteiger charge is -2.04. The maximum atomic E-state index is 12.0. The fourth-order valence-corrected chi connectivity index (χ4v) is 3.27. The second-order valence-corrected chi connectivity index (χ2v) is 5.43. The Morgan fingerprint density at radius 3 is 3.06 bits per heavy atom. The summed E-state index contributed by atoms with van der Waals surface area (Å²) in [5.74, 6) is -0.292. The number of hydrogen-bond donors (Lipinski definition) is 1. The second kappa shape index (κ2) is 5.50. The smallest absolute Gasteiger partial charge is 0.267 e. The van der Waals surface area contributed by atoms with Gasteiger partial charge in [0.05, 0.1) is 5.02 Å². The third kappa shape index (κ3) is 2.54. The van der Waals surface area contributed by atoms with Crippen LogP contribution in [0.25, 0.3) is 6.08 Å². The number of hydrogen-bond acceptors (Lipinski definition) is 3. The van der Waals surface area contributed by atoms with Crippen LogP contribution >= 0.6 is 22.9 Å². The lowest BCUT2D eigenvalue weighted by Crippen LogP contribution is -2.21. The van der Waals surface area contributed by atoms with E-state index in [0.717, 1.165) is 23.3 Å². The fraction of sp³-hybridized carbons (Fsp3) is 0.231. The first-order valence-electron chi connectivity index (χ1n) is 5.54. The minimum atomic E-state index is -0.292. The van der Waals surface area contributed by atoms with Crippen molar-refractivity contribution in [3.63, 3.8) is 0 Å². The van der Waals surface area contributed by atoms with Crippen molar-refractivity contribution in [1.29, 1.82) is 0 Å². The Hall–Kier alpha value is -1.39. The Kier molecular flexibility index (Phi) is 3.99. The molecule has 0 fully saturated rings. The molecule has 3 nitrogen and oxygen atoms in total. The third-order valence-electron chi connectivity index (χ3n) is 2.61. The first-order chi connectivity index (χ1) is 8.63. The molecule has 1 aliphatic rings. The number of aryl methyl sites for hydroxylation is 1. The van der Waals surface area contributed by atoms with Crippen LogP contribution in [0.15, 0.2) is 18.4 Å². The maximum Gasteiger partial charge on any atom is 0.267 e. The predicted molar refractivity (Wildman–Crippen MR) is 74.0 cm³/mol. The van der Waals surface area contributed by atoms with E-state index >= 15 is 0 Å². The van der Waals surface area contributed by atoms with Crippen LogP contribution in [0.2, 0.25) is 5.02 Å². The van der Waals surface area contributed by atoms with Crippen LogP contribution < -0.4 is 5.32 Å². The van der Waals surface area contributed by atoms with E-state index in [4.69, 9.17) is 11.6 Å². The molecule has 1 heterocycles. The molecule has 1 N–H and O–H groups in total. The number of carbonyl (C=O) groups excluding carboxylic acids is 2. The number of rotatable bonds is 4. The fourth-order valence-electron chi connectivity index (χ4n) is 1.75. The molecule has 1 aromatic rings. The van der Waals surface area contributed by atoms with E-state index in [2.05, 4.69) is 11.9 Å². The number of carbonyl (C=O) groups is 2. The van der Waals surface area contributed by atoms with Crippen LogP contribution in [0.3, 0.4) is 0 Å². The summed E-state index contributed by atoms with van der Waals surface area (Å²) in [5, 5.41) is 3.07. The van der Waals surface area contributed by atoms with Crippen molar-refractivity contribution in [1.82, 2.24) is 5.32 Å². The standard InChI is InChI=1S/C13H12ClNO2S/c1-8(6-7-16)15-13(17)12-11(14)9-4-2-3-5-10(9)18-12/h2,4,7H,1,3,5-6H2,(H,15,17). The van der Waals surface area contributed by atoms with E-state index in [-0.39, 0.29) is 12.3 Å². The van der Waals surface area contributed by atoms with E-state index in [0.29, 0.717) is 21.9 Å². The molecule has 5 heteroatoms. The molecule has 2 rings (SSSR count). The normalized spacial score (nSPS) is 12.9. The number of fused-ring (bicyclic) bond motifs is 1. The largest absolute Gasteiger partial charge is 0.325 e. The number of amides is 1. The Balaban J connectivity index is 2.21. The van der Waals surface area contributed by atoms with Gasteiger partial charge in [-0.3, -0.25) is 4.79 Å². The van der Waals surface area contributed by atoms with E-state index < -0.39 is 0 Å². The van der Waals surface area contributed by atoms with Crippen LogP contribution in [0.4, 0.5) is 0 Å². The molecular formula is C13H12ClNO2S. The molecule has 0 spiro atoms. The second-order valence-electron chi connectivity index (χ2n) is 3.95. The summed E-state index contributed by atoms with van der Waals surface area (Å²) >= 11 is 7.60. The molecular weight excluding hydrogens is 270 g/mol. The lowest BCUT2D eigenvalue weighted by molar-refractivity contribution is -0.107. The van der Waals surface area contributed by atoms with E-state index in [9.17, 15) is 9.59 Å². The van der Waals surface area contributed by atoms with Crippen molar-refractivity contribution in [2.75, 3.05) is 0 Å². The first-order valence-corrected chi connectivity index (χ1v) is 6.73. The zero-order valence-corrected chi connectivity index (χ0v) is 11.2. The van der Waals surface area contributed by atoms with Gasteiger partial charge in [-0.15, -0.1) is 11.3 Å². The van der Waals surface area contributed by atoms with Gasteiger partial charge in [-0.25, -0.2) is 0 Å². The van der Waals surface area contributed by atoms with E-state index in [1.54, 1.807) is 0 Å². The molecule has 94 valence electrons. The van der Waals surface area contributed by atoms with Crippen molar-refractivity contribution in [2.24, 2.45) is 0 Å². The van der Waals surface area contributed by atoms with Crippen LogP contribution in [-0.4, -0.2) is 12.2 Å². The Morgan fingerprint density at radius 1 is 1.61 bits per heavy atom. The quantitative estimate of drug-likeness (QED) is 0.862. The SMILES string of the molecule is C=C(CC=O)NC(=O)c1sc2c(c1Cl)C=CCC2. The molecule has 0 aromatic carbocycles. The van der Waals surface area contributed by atoms with E-state index in [1.165, 1.54) is 11.3 Å². The van der Waals surface area contributed by atoms with Crippen molar-refractivity contribution in [3.8, 4) is 0 Å². The van der Waals surface area contributed by atoms with Crippen LogP contribution in [0.1, 0.15) is 33.0 Å². The molecule has 0 unspecified atom stereocenters. The minimum Gasteiger partial charge on any atom is -0.325 e. The maximum absolute atomic E-state index is 12.0. The van der Waals surface area contributed by atoms with Crippen LogP contribution in [-0.2, 0) is 11.2 Å². The Morgan fingerprint density at radius 2 is 2.39 bits per heavy atom. The van der Waals surface area contributed by atoms with Crippen molar-refractivity contribution in [2.45, 2.75) is 19.3 Å². The summed E-state index contributed by atoms with van der Waals surface area (Å²) in [6.07, 6.45) is 6.71. The summed E-state index contributed by atoms with van der Waals surface area (Å²) in [6.45, 7) is 3.61. The highest BCUT2D eigenvalue weighted by Gasteiger charge is 2.21. The lowest BCUT2D eigenvalue weighted by atomic mass is 10.1. The molecule has 1 amide bonds. The van der Waals surface area contributed by atoms with Gasteiger partial charge in [-0.05, 0) is 12.8 Å². The number of aldehydes is 1. The van der Waals surface area contributed by atoms with Crippen LogP contribution in [0.5, 0.6) is 0 Å². The monoisotopic (exact) mass is 281 g/mol. The summed E-state index contributed by atoms with van der Waals surface area (Å²) in [4.78, 5) is 23.9. The molecule has 0 saturated heterocycles. The van der Waals surface area contributed by atoms with Gasteiger partial charge in [-0.1, -0.05) is 30.3 Å². The molecule has 1 aromatic heterocycles. The van der Waals surface area contributed by atoms with Gasteiger partial charge in [-0.2, -0.15) is 0 Å². The van der Waals surface area contributed by atoms with Crippen molar-refractivity contribution < 1.29 is 9.59 Å². The number of thiophene rings is 1. The van der Waals surface area contributed by atoms with Gasteiger partial charge in [0.15, 0.2) is 0 Å².